The van der Waals surface area contributed by atoms with E-state index in [9.17, 15) is 4.79 Å². The second-order valence-corrected chi connectivity index (χ2v) is 6.23. The number of methoxy groups -OCH3 is 1. The number of ether oxygens (including phenoxy) is 2. The highest BCUT2D eigenvalue weighted by atomic mass is 16.5. The molecule has 19 heavy (non-hydrogen) atoms. The molecule has 0 aromatic carbocycles. The van der Waals surface area contributed by atoms with E-state index < -0.39 is 0 Å². The molecule has 1 atom stereocenters. The van der Waals surface area contributed by atoms with Crippen LogP contribution in [0.15, 0.2) is 0 Å². The number of rotatable bonds is 4. The Kier molecular flexibility index (Phi) is 4.85. The van der Waals surface area contributed by atoms with Gasteiger partial charge in [0.15, 0.2) is 0 Å². The zero-order valence-electron chi connectivity index (χ0n) is 12.5. The molecule has 0 N–H and O–H groups in total. The molecule has 0 aromatic heterocycles. The van der Waals surface area contributed by atoms with Crippen LogP contribution in [0.1, 0.15) is 52.4 Å². The standard InChI is InChI=1S/C15H27NO3/c1-12(2)16(11-14(17)18-3)13-6-9-19-15(10-13)7-4-5-8-15/h12-13H,4-11H2,1-3H3. The Hall–Kier alpha value is -0.610. The van der Waals surface area contributed by atoms with E-state index in [-0.39, 0.29) is 11.6 Å². The molecule has 1 aliphatic heterocycles. The van der Waals surface area contributed by atoms with Crippen LogP contribution in [-0.4, -0.2) is 48.8 Å². The largest absolute Gasteiger partial charge is 0.468 e. The van der Waals surface area contributed by atoms with Crippen molar-refractivity contribution in [3.05, 3.63) is 0 Å². The van der Waals surface area contributed by atoms with Gasteiger partial charge in [-0.2, -0.15) is 0 Å². The van der Waals surface area contributed by atoms with Crippen molar-refractivity contribution < 1.29 is 14.3 Å². The van der Waals surface area contributed by atoms with Gasteiger partial charge in [-0.05, 0) is 39.5 Å². The van der Waals surface area contributed by atoms with Gasteiger partial charge in [-0.3, -0.25) is 9.69 Å². The third kappa shape index (κ3) is 3.48. The average molecular weight is 269 g/mol. The molecule has 1 spiro atoms. The van der Waals surface area contributed by atoms with Crippen LogP contribution in [-0.2, 0) is 14.3 Å². The molecule has 1 aliphatic carbocycles. The molecular weight excluding hydrogens is 242 g/mol. The summed E-state index contributed by atoms with van der Waals surface area (Å²) in [6, 6.07) is 0.812. The lowest BCUT2D eigenvalue weighted by molar-refractivity contribution is -0.146. The molecule has 2 aliphatic rings. The van der Waals surface area contributed by atoms with Crippen LogP contribution in [0, 0.1) is 0 Å². The number of carbonyl (C=O) groups excluding carboxylic acids is 1. The van der Waals surface area contributed by atoms with E-state index in [1.165, 1.54) is 32.8 Å². The Labute approximate surface area is 116 Å². The normalized spacial score (nSPS) is 26.3. The van der Waals surface area contributed by atoms with Gasteiger partial charge in [0, 0.05) is 18.7 Å². The number of nitrogens with zero attached hydrogens (tertiary/aromatic N) is 1. The van der Waals surface area contributed by atoms with Crippen LogP contribution in [0.5, 0.6) is 0 Å². The smallest absolute Gasteiger partial charge is 0.319 e. The van der Waals surface area contributed by atoms with Gasteiger partial charge >= 0.3 is 5.97 Å². The van der Waals surface area contributed by atoms with Crippen molar-refractivity contribution >= 4 is 5.97 Å². The Morgan fingerprint density at radius 1 is 1.42 bits per heavy atom. The first-order valence-electron chi connectivity index (χ1n) is 7.53. The molecule has 4 heteroatoms. The Morgan fingerprint density at radius 3 is 2.68 bits per heavy atom. The monoisotopic (exact) mass is 269 g/mol. The van der Waals surface area contributed by atoms with Crippen LogP contribution >= 0.6 is 0 Å². The van der Waals surface area contributed by atoms with Crippen LogP contribution in [0.4, 0.5) is 0 Å². The lowest BCUT2D eigenvalue weighted by atomic mass is 9.87. The van der Waals surface area contributed by atoms with E-state index >= 15 is 0 Å². The third-order valence-electron chi connectivity index (χ3n) is 4.65. The van der Waals surface area contributed by atoms with Crippen LogP contribution in [0.3, 0.4) is 0 Å². The summed E-state index contributed by atoms with van der Waals surface area (Å²) in [6.45, 7) is 5.53. The van der Waals surface area contributed by atoms with Crippen LogP contribution in [0.25, 0.3) is 0 Å². The minimum atomic E-state index is -0.138. The minimum Gasteiger partial charge on any atom is -0.468 e. The van der Waals surface area contributed by atoms with Gasteiger partial charge in [-0.25, -0.2) is 0 Å². The molecule has 1 heterocycles. The molecule has 0 aromatic rings. The van der Waals surface area contributed by atoms with Gasteiger partial charge in [0.05, 0.1) is 19.3 Å². The van der Waals surface area contributed by atoms with E-state index in [2.05, 4.69) is 18.7 Å². The molecule has 0 amide bonds. The fourth-order valence-electron chi connectivity index (χ4n) is 3.60. The van der Waals surface area contributed by atoms with E-state index in [0.717, 1.165) is 19.4 Å². The van der Waals surface area contributed by atoms with Crippen molar-refractivity contribution in [2.24, 2.45) is 0 Å². The summed E-state index contributed by atoms with van der Waals surface area (Å²) in [6.07, 6.45) is 7.04. The van der Waals surface area contributed by atoms with Gasteiger partial charge < -0.3 is 9.47 Å². The molecule has 2 fully saturated rings. The zero-order chi connectivity index (χ0) is 13.9. The Morgan fingerprint density at radius 2 is 2.11 bits per heavy atom. The number of hydrogen-bond donors (Lipinski definition) is 0. The van der Waals surface area contributed by atoms with Crippen molar-refractivity contribution in [2.75, 3.05) is 20.3 Å². The molecule has 0 radical (unpaired) electrons. The lowest BCUT2D eigenvalue weighted by Crippen LogP contribution is -2.51. The van der Waals surface area contributed by atoms with E-state index in [4.69, 9.17) is 9.47 Å². The maximum Gasteiger partial charge on any atom is 0.319 e. The predicted molar refractivity (Wildman–Crippen MR) is 74.0 cm³/mol. The maximum absolute atomic E-state index is 11.6. The van der Waals surface area contributed by atoms with E-state index in [1.54, 1.807) is 0 Å². The summed E-state index contributed by atoms with van der Waals surface area (Å²) >= 11 is 0. The van der Waals surface area contributed by atoms with Gasteiger partial charge in [-0.1, -0.05) is 12.8 Å². The SMILES string of the molecule is COC(=O)CN(C(C)C)C1CCOC2(CCCC2)C1. The molecule has 110 valence electrons. The summed E-state index contributed by atoms with van der Waals surface area (Å²) < 4.78 is 10.9. The second kappa shape index (κ2) is 6.23. The number of hydrogen-bond acceptors (Lipinski definition) is 4. The highest BCUT2D eigenvalue weighted by Crippen LogP contribution is 2.41. The summed E-state index contributed by atoms with van der Waals surface area (Å²) in [5, 5.41) is 0. The van der Waals surface area contributed by atoms with Crippen molar-refractivity contribution in [2.45, 2.75) is 70.1 Å². The summed E-state index contributed by atoms with van der Waals surface area (Å²) in [5.74, 6) is -0.138. The summed E-state index contributed by atoms with van der Waals surface area (Å²) in [5.41, 5.74) is 0.103. The Balaban J connectivity index is 2.02. The van der Waals surface area contributed by atoms with Gasteiger partial charge in [0.25, 0.3) is 0 Å². The minimum absolute atomic E-state index is 0.103. The topological polar surface area (TPSA) is 38.8 Å². The maximum atomic E-state index is 11.6. The van der Waals surface area contributed by atoms with Crippen molar-refractivity contribution in [1.82, 2.24) is 4.90 Å². The molecule has 1 saturated heterocycles. The van der Waals surface area contributed by atoms with Crippen LogP contribution in [0.2, 0.25) is 0 Å². The van der Waals surface area contributed by atoms with Crippen molar-refractivity contribution in [1.29, 1.82) is 0 Å². The molecule has 0 bridgehead atoms. The van der Waals surface area contributed by atoms with Gasteiger partial charge in [0.1, 0.15) is 0 Å². The molecule has 2 rings (SSSR count). The second-order valence-electron chi connectivity index (χ2n) is 6.23. The first kappa shape index (κ1) is 14.8. The van der Waals surface area contributed by atoms with E-state index in [0.29, 0.717) is 18.6 Å². The van der Waals surface area contributed by atoms with E-state index in [1.807, 2.05) is 0 Å². The Bertz CT molecular complexity index is 311. The number of carbonyl (C=O) groups is 1. The first-order valence-corrected chi connectivity index (χ1v) is 7.53. The fraction of sp³-hybridized carbons (Fsp3) is 0.933. The van der Waals surface area contributed by atoms with Crippen molar-refractivity contribution in [3.63, 3.8) is 0 Å². The quantitative estimate of drug-likeness (QED) is 0.734. The molecule has 4 nitrogen and oxygen atoms in total. The fourth-order valence-corrected chi connectivity index (χ4v) is 3.60. The average Bonchev–Trinajstić information content (AvgIpc) is 2.83. The van der Waals surface area contributed by atoms with Gasteiger partial charge in [0.2, 0.25) is 0 Å². The highest BCUT2D eigenvalue weighted by molar-refractivity contribution is 5.71. The molecular formula is C15H27NO3. The predicted octanol–water partition coefficient (Wildman–Crippen LogP) is 2.36. The summed E-state index contributed by atoms with van der Waals surface area (Å²) in [7, 11) is 1.46. The van der Waals surface area contributed by atoms with Gasteiger partial charge in [-0.15, -0.1) is 0 Å². The number of esters is 1. The molecule has 1 unspecified atom stereocenters. The van der Waals surface area contributed by atoms with Crippen LogP contribution < -0.4 is 0 Å². The highest BCUT2D eigenvalue weighted by Gasteiger charge is 2.42. The first-order chi connectivity index (χ1) is 9.06. The zero-order valence-corrected chi connectivity index (χ0v) is 12.5. The molecule has 1 saturated carbocycles. The third-order valence-corrected chi connectivity index (χ3v) is 4.65. The van der Waals surface area contributed by atoms with Crippen molar-refractivity contribution in [3.8, 4) is 0 Å². The lowest BCUT2D eigenvalue weighted by Gasteiger charge is -2.44. The summed E-state index contributed by atoms with van der Waals surface area (Å²) in [4.78, 5) is 13.9.